The minimum absolute atomic E-state index is 0.0123. The molecule has 0 bridgehead atoms. The Morgan fingerprint density at radius 2 is 1.95 bits per heavy atom. The summed E-state index contributed by atoms with van der Waals surface area (Å²) in [7, 11) is 0. The highest BCUT2D eigenvalue weighted by Gasteiger charge is 2.20. The Morgan fingerprint density at radius 1 is 1.25 bits per heavy atom. The van der Waals surface area contributed by atoms with Gasteiger partial charge in [-0.1, -0.05) is 24.3 Å². The highest BCUT2D eigenvalue weighted by Crippen LogP contribution is 2.22. The van der Waals surface area contributed by atoms with Gasteiger partial charge in [-0.2, -0.15) is 0 Å². The molecule has 0 amide bonds. The topological polar surface area (TPSA) is 60.2 Å². The molecule has 4 nitrogen and oxygen atoms in total. The van der Waals surface area contributed by atoms with Gasteiger partial charge in [0.15, 0.2) is 5.78 Å². The van der Waals surface area contributed by atoms with Gasteiger partial charge in [0.25, 0.3) is 5.69 Å². The van der Waals surface area contributed by atoms with E-state index in [0.29, 0.717) is 0 Å². The molecule has 0 aromatic heterocycles. The zero-order valence-electron chi connectivity index (χ0n) is 10.8. The van der Waals surface area contributed by atoms with Crippen LogP contribution in [0.3, 0.4) is 0 Å². The molecule has 0 unspecified atom stereocenters. The van der Waals surface area contributed by atoms with Crippen molar-refractivity contribution in [1.82, 2.24) is 0 Å². The van der Waals surface area contributed by atoms with E-state index in [-0.39, 0.29) is 23.2 Å². The highest BCUT2D eigenvalue weighted by atomic mass is 19.1. The molecule has 0 heterocycles. The van der Waals surface area contributed by atoms with E-state index >= 15 is 0 Å². The highest BCUT2D eigenvalue weighted by molar-refractivity contribution is 6.01. The monoisotopic (exact) mass is 273 g/mol. The summed E-state index contributed by atoms with van der Waals surface area (Å²) >= 11 is 0. The lowest BCUT2D eigenvalue weighted by Gasteiger charge is -2.05. The number of carbonyl (C=O) groups excluding carboxylic acids is 1. The van der Waals surface area contributed by atoms with Crippen molar-refractivity contribution in [2.75, 3.05) is 0 Å². The van der Waals surface area contributed by atoms with E-state index in [2.05, 4.69) is 0 Å². The Balaban J connectivity index is 2.37. The van der Waals surface area contributed by atoms with Crippen molar-refractivity contribution in [2.45, 2.75) is 13.3 Å². The number of aryl methyl sites for hydroxylation is 1. The van der Waals surface area contributed by atoms with Crippen LogP contribution in [-0.2, 0) is 6.42 Å². The molecule has 5 heteroatoms. The molecule has 0 spiro atoms. The third-order valence-corrected chi connectivity index (χ3v) is 2.96. The summed E-state index contributed by atoms with van der Waals surface area (Å²) in [5, 5.41) is 10.9. The number of halogens is 1. The fraction of sp³-hybridized carbons (Fsp3) is 0.133. The average Bonchev–Trinajstić information content (AvgIpc) is 2.40. The first-order valence-electron chi connectivity index (χ1n) is 6.00. The number of nitrogens with zero attached hydrogens (tertiary/aromatic N) is 1. The number of ketones is 1. The molecule has 0 aliphatic rings. The van der Waals surface area contributed by atoms with Crippen LogP contribution in [0.4, 0.5) is 10.1 Å². The van der Waals surface area contributed by atoms with Crippen LogP contribution in [0.2, 0.25) is 0 Å². The van der Waals surface area contributed by atoms with Crippen molar-refractivity contribution in [1.29, 1.82) is 0 Å². The van der Waals surface area contributed by atoms with Crippen molar-refractivity contribution in [3.8, 4) is 0 Å². The van der Waals surface area contributed by atoms with Gasteiger partial charge in [-0.3, -0.25) is 14.9 Å². The molecular weight excluding hydrogens is 261 g/mol. The first-order valence-corrected chi connectivity index (χ1v) is 6.00. The smallest absolute Gasteiger partial charge is 0.280 e. The molecule has 0 saturated heterocycles. The minimum atomic E-state index is -0.603. The molecule has 0 aliphatic heterocycles. The summed E-state index contributed by atoms with van der Waals surface area (Å²) in [5.74, 6) is -0.957. The van der Waals surface area contributed by atoms with Crippen LogP contribution < -0.4 is 0 Å². The second-order valence-corrected chi connectivity index (χ2v) is 4.47. The molecule has 0 atom stereocenters. The van der Waals surface area contributed by atoms with Crippen LogP contribution in [0.5, 0.6) is 0 Å². The molecule has 0 radical (unpaired) electrons. The average molecular weight is 273 g/mol. The van der Waals surface area contributed by atoms with E-state index in [1.807, 2.05) is 0 Å². The number of hydrogen-bond donors (Lipinski definition) is 0. The van der Waals surface area contributed by atoms with E-state index in [1.165, 1.54) is 30.3 Å². The van der Waals surface area contributed by atoms with Gasteiger partial charge < -0.3 is 0 Å². The lowest BCUT2D eigenvalue weighted by molar-refractivity contribution is -0.385. The largest absolute Gasteiger partial charge is 0.294 e. The van der Waals surface area contributed by atoms with Gasteiger partial charge in [-0.15, -0.1) is 0 Å². The molecular formula is C15H12FNO3. The predicted octanol–water partition coefficient (Wildman–Crippen LogP) is 3.47. The van der Waals surface area contributed by atoms with E-state index in [9.17, 15) is 19.3 Å². The maximum atomic E-state index is 13.5. The summed E-state index contributed by atoms with van der Waals surface area (Å²) < 4.78 is 13.5. The Kier molecular flexibility index (Phi) is 3.89. The number of Topliss-reactive ketones (excluding diaryl/α,β-unsaturated/α-hetero) is 1. The first kappa shape index (κ1) is 13.9. The van der Waals surface area contributed by atoms with Crippen molar-refractivity contribution < 1.29 is 14.1 Å². The number of nitro benzene ring substituents is 1. The van der Waals surface area contributed by atoms with Gasteiger partial charge in [-0.25, -0.2) is 4.39 Å². The van der Waals surface area contributed by atoms with Crippen LogP contribution in [-0.4, -0.2) is 10.7 Å². The van der Waals surface area contributed by atoms with E-state index in [0.717, 1.165) is 5.56 Å². The Hall–Kier alpha value is -2.56. The fourth-order valence-electron chi connectivity index (χ4n) is 1.94. The molecule has 0 N–H and O–H groups in total. The van der Waals surface area contributed by atoms with Crippen molar-refractivity contribution in [2.24, 2.45) is 0 Å². The van der Waals surface area contributed by atoms with E-state index < -0.39 is 16.5 Å². The van der Waals surface area contributed by atoms with Crippen LogP contribution in [0.15, 0.2) is 42.5 Å². The van der Waals surface area contributed by atoms with Crippen LogP contribution in [0.1, 0.15) is 21.5 Å². The lowest BCUT2D eigenvalue weighted by atomic mass is 9.99. The van der Waals surface area contributed by atoms with E-state index in [4.69, 9.17) is 0 Å². The molecule has 102 valence electrons. The number of hydrogen-bond acceptors (Lipinski definition) is 3. The van der Waals surface area contributed by atoms with E-state index in [1.54, 1.807) is 19.1 Å². The van der Waals surface area contributed by atoms with Gasteiger partial charge in [0.05, 0.1) is 10.5 Å². The van der Waals surface area contributed by atoms with Crippen molar-refractivity contribution in [3.05, 3.63) is 75.1 Å². The fourth-order valence-corrected chi connectivity index (χ4v) is 1.94. The second kappa shape index (κ2) is 5.61. The van der Waals surface area contributed by atoms with Crippen molar-refractivity contribution >= 4 is 11.5 Å². The quantitative estimate of drug-likeness (QED) is 0.487. The zero-order chi connectivity index (χ0) is 14.7. The lowest BCUT2D eigenvalue weighted by Crippen LogP contribution is -2.08. The second-order valence-electron chi connectivity index (χ2n) is 4.47. The maximum Gasteiger partial charge on any atom is 0.280 e. The molecule has 2 rings (SSSR count). The van der Waals surface area contributed by atoms with Gasteiger partial charge in [-0.05, 0) is 30.2 Å². The molecule has 0 aliphatic carbocycles. The maximum absolute atomic E-state index is 13.5. The van der Waals surface area contributed by atoms with Crippen LogP contribution in [0, 0.1) is 22.9 Å². The van der Waals surface area contributed by atoms with Gasteiger partial charge in [0.1, 0.15) is 5.82 Å². The van der Waals surface area contributed by atoms with Crippen molar-refractivity contribution in [3.63, 3.8) is 0 Å². The van der Waals surface area contributed by atoms with Crippen LogP contribution >= 0.6 is 0 Å². The molecule has 0 fully saturated rings. The summed E-state index contributed by atoms with van der Waals surface area (Å²) in [6.45, 7) is 1.74. The molecule has 20 heavy (non-hydrogen) atoms. The predicted molar refractivity (Wildman–Crippen MR) is 72.3 cm³/mol. The number of rotatable bonds is 4. The third-order valence-electron chi connectivity index (χ3n) is 2.96. The van der Waals surface area contributed by atoms with Gasteiger partial charge >= 0.3 is 0 Å². The zero-order valence-corrected chi connectivity index (χ0v) is 10.8. The third kappa shape index (κ3) is 2.88. The summed E-state index contributed by atoms with van der Waals surface area (Å²) in [4.78, 5) is 22.5. The number of carbonyl (C=O) groups is 1. The minimum Gasteiger partial charge on any atom is -0.294 e. The summed E-state index contributed by atoms with van der Waals surface area (Å²) in [5.41, 5.74) is 0.732. The molecule has 2 aromatic rings. The summed E-state index contributed by atoms with van der Waals surface area (Å²) in [6, 6.07) is 10.2. The van der Waals surface area contributed by atoms with Gasteiger partial charge in [0, 0.05) is 12.5 Å². The Morgan fingerprint density at radius 3 is 2.60 bits per heavy atom. The standard InChI is InChI=1S/C15H12FNO3/c1-10-6-7-14(17(19)20)12(8-10)15(18)9-11-4-2-3-5-13(11)16/h2-8H,9H2,1H3. The molecule has 2 aromatic carbocycles. The summed E-state index contributed by atoms with van der Waals surface area (Å²) in [6.07, 6.45) is -0.197. The first-order chi connectivity index (χ1) is 9.49. The van der Waals surface area contributed by atoms with Crippen LogP contribution in [0.25, 0.3) is 0 Å². The molecule has 0 saturated carbocycles. The number of nitro groups is 1. The normalized spacial score (nSPS) is 10.3. The number of benzene rings is 2. The SMILES string of the molecule is Cc1ccc([N+](=O)[O-])c(C(=O)Cc2ccccc2F)c1. The Labute approximate surface area is 115 Å². The Bertz CT molecular complexity index is 683. The van der Waals surface area contributed by atoms with Gasteiger partial charge in [0.2, 0.25) is 0 Å².